The average molecular weight is 928 g/mol. The van der Waals surface area contributed by atoms with E-state index >= 15 is 0 Å². The Morgan fingerprint density at radius 2 is 1.63 bits per heavy atom. The molecule has 0 saturated carbocycles. The Bertz CT molecular complexity index is 2080. The lowest BCUT2D eigenvalue weighted by Gasteiger charge is -2.39. The first-order chi connectivity index (χ1) is 30.7. The summed E-state index contributed by atoms with van der Waals surface area (Å²) in [5, 5.41) is 21.6. The summed E-state index contributed by atoms with van der Waals surface area (Å²) in [4.78, 5) is 103. The molecule has 2 aromatic rings. The van der Waals surface area contributed by atoms with E-state index in [1.54, 1.807) is 19.1 Å². The summed E-state index contributed by atoms with van der Waals surface area (Å²) in [6, 6.07) is 3.36. The highest BCUT2D eigenvalue weighted by molar-refractivity contribution is 6.30. The highest BCUT2D eigenvalue weighted by atomic mass is 35.5. The van der Waals surface area contributed by atoms with Crippen molar-refractivity contribution in [1.82, 2.24) is 35.6 Å². The molecular weight excluding hydrogens is 863 g/mol. The fourth-order valence-corrected chi connectivity index (χ4v) is 8.92. The molecule has 17 nitrogen and oxygen atoms in total. The number of aryl methyl sites for hydroxylation is 1. The first kappa shape index (κ1) is 50.8. The molecule has 3 aliphatic heterocycles. The number of urea groups is 1. The number of halogens is 2. The summed E-state index contributed by atoms with van der Waals surface area (Å²) in [7, 11) is 3.75. The maximum atomic E-state index is 14.7. The number of nitrogens with one attached hydrogen (secondary N) is 4. The second-order valence-electron chi connectivity index (χ2n) is 18.0. The molecule has 9 atom stereocenters. The number of aliphatic hydroxyl groups excluding tert-OH is 1. The van der Waals surface area contributed by atoms with Crippen molar-refractivity contribution in [3.8, 4) is 0 Å². The first-order valence-corrected chi connectivity index (χ1v) is 22.7. The number of amides is 7. The van der Waals surface area contributed by atoms with Crippen LogP contribution in [-0.2, 0) is 39.9 Å². The van der Waals surface area contributed by atoms with Gasteiger partial charge >= 0.3 is 6.03 Å². The van der Waals surface area contributed by atoms with Crippen molar-refractivity contribution in [3.05, 3.63) is 64.4 Å². The number of likely N-dealkylation sites (N-methyl/N-ethyl adjacent to an activating group) is 1. The van der Waals surface area contributed by atoms with Crippen LogP contribution in [0.4, 0.5) is 14.9 Å². The van der Waals surface area contributed by atoms with Gasteiger partial charge in [0.15, 0.2) is 5.78 Å². The van der Waals surface area contributed by atoms with Crippen LogP contribution >= 0.6 is 11.6 Å². The number of hydrogen-bond acceptors (Lipinski definition) is 10. The lowest BCUT2D eigenvalue weighted by Crippen LogP contribution is -2.62. The Hall–Kier alpha value is -5.17. The number of aliphatic hydroxyl groups is 1. The topological polar surface area (TPSA) is 210 Å². The maximum absolute atomic E-state index is 14.7. The van der Waals surface area contributed by atoms with Crippen LogP contribution in [-0.4, -0.2) is 161 Å². The van der Waals surface area contributed by atoms with Gasteiger partial charge in [-0.15, -0.1) is 0 Å². The number of likely N-dealkylation sites (tertiary alicyclic amines) is 3. The van der Waals surface area contributed by atoms with E-state index in [0.717, 1.165) is 11.6 Å². The van der Waals surface area contributed by atoms with Crippen LogP contribution in [0.3, 0.4) is 0 Å². The summed E-state index contributed by atoms with van der Waals surface area (Å²) in [5.74, 6) is -3.89. The van der Waals surface area contributed by atoms with Crippen molar-refractivity contribution >= 4 is 58.6 Å². The smallest absolute Gasteiger partial charge is 0.319 e. The largest absolute Gasteiger partial charge is 0.391 e. The standard InChI is InChI=1S/C46H64ClFN8O9/c1-26-11-10-12-31(19-26)21-36(51-46(64)50-35-15-14-32(47)22-34(35)48)41(59)52-40(30(5)58)45(63)56-25-33(65-18-17-53(6)7)23-39(56)44(62)54-16-9-8-13-37(54)42(60)49-28(3)43(61)55-24-27(2)20-38(55)29(4)57/h10-12,14-15,19,22,27-28,30,33,36-40,58H,8-9,13,16-18,20-21,23-25H2,1-7H3,(H,49,60)(H,52,59)(H2,50,51,64)/t27-,28+,30+,33-,36+,37+,38+,39+,40+/m1/s1. The molecule has 356 valence electrons. The monoisotopic (exact) mass is 926 g/mol. The molecule has 3 fully saturated rings. The first-order valence-electron chi connectivity index (χ1n) is 22.3. The van der Waals surface area contributed by atoms with Gasteiger partial charge in [0.1, 0.15) is 36.0 Å². The van der Waals surface area contributed by atoms with Crippen molar-refractivity contribution in [2.24, 2.45) is 5.92 Å². The second kappa shape index (κ2) is 22.8. The van der Waals surface area contributed by atoms with Gasteiger partial charge in [0.25, 0.3) is 0 Å². The van der Waals surface area contributed by atoms with E-state index in [0.29, 0.717) is 44.3 Å². The lowest BCUT2D eigenvalue weighted by atomic mass is 9.98. The van der Waals surface area contributed by atoms with Crippen LogP contribution in [0.1, 0.15) is 70.9 Å². The third-order valence-corrected chi connectivity index (χ3v) is 12.4. The van der Waals surface area contributed by atoms with Gasteiger partial charge in [0, 0.05) is 44.0 Å². The molecule has 19 heteroatoms. The van der Waals surface area contributed by atoms with E-state index in [9.17, 15) is 43.1 Å². The summed E-state index contributed by atoms with van der Waals surface area (Å²) >= 11 is 5.88. The van der Waals surface area contributed by atoms with Gasteiger partial charge in [0.05, 0.1) is 30.5 Å². The molecule has 0 aromatic heterocycles. The molecule has 3 heterocycles. The van der Waals surface area contributed by atoms with Gasteiger partial charge in [0.2, 0.25) is 29.5 Å². The molecule has 7 amide bonds. The SMILES string of the molecule is CC(=O)[C@@H]1C[C@@H](C)CN1C(=O)[C@H](C)NC(=O)[C@@H]1CCCCN1C(=O)[C@@H]1C[C@@H](OCCN(C)C)CN1C(=O)[C@@H](NC(=O)[C@H](Cc1cccc(C)c1)NC(=O)Nc1ccc(Cl)cc1F)[C@H](C)O. The molecule has 0 spiro atoms. The average Bonchev–Trinajstić information content (AvgIpc) is 3.86. The van der Waals surface area contributed by atoms with E-state index < -0.39 is 83.9 Å². The summed E-state index contributed by atoms with van der Waals surface area (Å²) in [6.07, 6.45) is -0.0231. The minimum absolute atomic E-state index is 0.0472. The van der Waals surface area contributed by atoms with E-state index in [-0.39, 0.29) is 60.9 Å². The maximum Gasteiger partial charge on any atom is 0.319 e. The van der Waals surface area contributed by atoms with Crippen molar-refractivity contribution in [2.75, 3.05) is 52.2 Å². The molecular formula is C46H64ClFN8O9. The van der Waals surface area contributed by atoms with E-state index in [2.05, 4.69) is 21.3 Å². The van der Waals surface area contributed by atoms with Crippen molar-refractivity contribution in [3.63, 3.8) is 0 Å². The van der Waals surface area contributed by atoms with Crippen LogP contribution in [0.15, 0.2) is 42.5 Å². The number of benzene rings is 2. The number of anilines is 1. The molecule has 0 aliphatic carbocycles. The molecule has 5 rings (SSSR count). The molecule has 3 saturated heterocycles. The minimum atomic E-state index is -1.60. The van der Waals surface area contributed by atoms with Gasteiger partial charge in [-0.1, -0.05) is 48.4 Å². The summed E-state index contributed by atoms with van der Waals surface area (Å²) < 4.78 is 20.8. The Labute approximate surface area is 385 Å². The third kappa shape index (κ3) is 13.5. The lowest BCUT2D eigenvalue weighted by molar-refractivity contribution is -0.152. The number of carbonyl (C=O) groups excluding carboxylic acids is 7. The summed E-state index contributed by atoms with van der Waals surface area (Å²) in [6.45, 7) is 9.49. The van der Waals surface area contributed by atoms with E-state index in [1.807, 2.05) is 45.0 Å². The molecule has 0 bridgehead atoms. The van der Waals surface area contributed by atoms with Gasteiger partial charge in [-0.3, -0.25) is 28.8 Å². The Balaban J connectivity index is 1.36. The van der Waals surface area contributed by atoms with E-state index in [1.165, 1.54) is 40.7 Å². The normalized spacial score (nSPS) is 22.8. The number of ether oxygens (including phenoxy) is 1. The van der Waals surface area contributed by atoms with Gasteiger partial charge < -0.3 is 50.7 Å². The molecule has 2 aromatic carbocycles. The number of hydrogen-bond donors (Lipinski definition) is 5. The predicted molar refractivity (Wildman–Crippen MR) is 241 cm³/mol. The highest BCUT2D eigenvalue weighted by Gasteiger charge is 2.48. The fourth-order valence-electron chi connectivity index (χ4n) is 8.76. The van der Waals surface area contributed by atoms with Crippen LogP contribution in [0.2, 0.25) is 5.02 Å². The minimum Gasteiger partial charge on any atom is -0.391 e. The van der Waals surface area contributed by atoms with Crippen molar-refractivity contribution in [1.29, 1.82) is 0 Å². The zero-order chi connectivity index (χ0) is 47.7. The van der Waals surface area contributed by atoms with Crippen LogP contribution in [0, 0.1) is 18.7 Å². The molecule has 65 heavy (non-hydrogen) atoms. The number of Topliss-reactive ketones (excluding diaryl/α,β-unsaturated/α-hetero) is 1. The Morgan fingerprint density at radius 3 is 2.29 bits per heavy atom. The van der Waals surface area contributed by atoms with Crippen LogP contribution in [0.25, 0.3) is 0 Å². The number of nitrogens with zero attached hydrogens (tertiary/aromatic N) is 4. The molecule has 5 N–H and O–H groups in total. The quantitative estimate of drug-likeness (QED) is 0.157. The molecule has 0 unspecified atom stereocenters. The number of ketones is 1. The van der Waals surface area contributed by atoms with Gasteiger partial charge in [-0.2, -0.15) is 0 Å². The number of carbonyl (C=O) groups is 7. The Morgan fingerprint density at radius 1 is 0.908 bits per heavy atom. The van der Waals surface area contributed by atoms with Crippen molar-refractivity contribution < 1.29 is 47.8 Å². The van der Waals surface area contributed by atoms with Gasteiger partial charge in [-0.05, 0) is 97.2 Å². The fraction of sp³-hybridized carbons (Fsp3) is 0.587. The number of piperidine rings is 1. The predicted octanol–water partition coefficient (Wildman–Crippen LogP) is 2.65. The zero-order valence-corrected chi connectivity index (χ0v) is 39.0. The third-order valence-electron chi connectivity index (χ3n) is 12.2. The molecule has 3 aliphatic rings. The summed E-state index contributed by atoms with van der Waals surface area (Å²) in [5.41, 5.74) is 1.35. The second-order valence-corrected chi connectivity index (χ2v) is 18.4. The van der Waals surface area contributed by atoms with Gasteiger partial charge in [-0.25, -0.2) is 9.18 Å². The Kier molecular flexibility index (Phi) is 17.9. The van der Waals surface area contributed by atoms with Crippen LogP contribution < -0.4 is 21.3 Å². The van der Waals surface area contributed by atoms with Crippen LogP contribution in [0.5, 0.6) is 0 Å². The molecule has 0 radical (unpaired) electrons. The highest BCUT2D eigenvalue weighted by Crippen LogP contribution is 2.29. The van der Waals surface area contributed by atoms with E-state index in [4.69, 9.17) is 16.3 Å². The number of rotatable bonds is 17. The zero-order valence-electron chi connectivity index (χ0n) is 38.3. The van der Waals surface area contributed by atoms with Crippen molar-refractivity contribution in [2.45, 2.75) is 122 Å².